The molecular formula is C19H23NO. The van der Waals surface area contributed by atoms with Crippen LogP contribution in [0.15, 0.2) is 60.7 Å². The van der Waals surface area contributed by atoms with Gasteiger partial charge in [-0.1, -0.05) is 60.7 Å². The highest BCUT2D eigenvalue weighted by atomic mass is 16.3. The van der Waals surface area contributed by atoms with Crippen LogP contribution in [0.3, 0.4) is 0 Å². The lowest BCUT2D eigenvalue weighted by Gasteiger charge is -2.36. The zero-order valence-electron chi connectivity index (χ0n) is 12.4. The maximum Gasteiger partial charge on any atom is 0.0670 e. The van der Waals surface area contributed by atoms with E-state index in [2.05, 4.69) is 59.5 Å². The molecule has 0 amide bonds. The molecule has 0 spiro atoms. The molecule has 0 aliphatic carbocycles. The normalized spacial score (nSPS) is 23.1. The molecule has 2 aromatic carbocycles. The minimum atomic E-state index is -0.198. The standard InChI is InChI=1S/C19H23NO/c21-19-12-18(11-16-7-3-1-4-8-16)14-20(15-19)13-17-9-5-2-6-10-17/h1-10,18-19,21H,11-15H2/t18-,19+/m0/s1. The first-order valence-corrected chi connectivity index (χ1v) is 7.78. The number of benzene rings is 2. The molecule has 2 aromatic rings. The van der Waals surface area contributed by atoms with Gasteiger partial charge < -0.3 is 5.11 Å². The van der Waals surface area contributed by atoms with E-state index in [0.717, 1.165) is 32.5 Å². The fraction of sp³-hybridized carbons (Fsp3) is 0.368. The van der Waals surface area contributed by atoms with Gasteiger partial charge in [-0.2, -0.15) is 0 Å². The highest BCUT2D eigenvalue weighted by Gasteiger charge is 2.25. The molecule has 2 heteroatoms. The Balaban J connectivity index is 1.62. The van der Waals surface area contributed by atoms with Gasteiger partial charge in [0.05, 0.1) is 6.10 Å². The lowest BCUT2D eigenvalue weighted by atomic mass is 9.89. The van der Waals surface area contributed by atoms with Crippen molar-refractivity contribution in [2.75, 3.05) is 13.1 Å². The Bertz CT molecular complexity index is 491. The Hall–Kier alpha value is -1.64. The smallest absolute Gasteiger partial charge is 0.0670 e. The largest absolute Gasteiger partial charge is 0.392 e. The molecule has 2 nitrogen and oxygen atoms in total. The Morgan fingerprint density at radius 3 is 2.14 bits per heavy atom. The van der Waals surface area contributed by atoms with Gasteiger partial charge in [0.25, 0.3) is 0 Å². The molecule has 1 heterocycles. The number of piperidine rings is 1. The minimum absolute atomic E-state index is 0.198. The van der Waals surface area contributed by atoms with Crippen LogP contribution in [0.5, 0.6) is 0 Å². The number of likely N-dealkylation sites (tertiary alicyclic amines) is 1. The average molecular weight is 281 g/mol. The lowest BCUT2D eigenvalue weighted by Crippen LogP contribution is -2.43. The van der Waals surface area contributed by atoms with Crippen LogP contribution < -0.4 is 0 Å². The van der Waals surface area contributed by atoms with Crippen LogP contribution in [0.1, 0.15) is 17.5 Å². The number of hydrogen-bond donors (Lipinski definition) is 1. The molecule has 1 saturated heterocycles. The third kappa shape index (κ3) is 4.16. The molecule has 0 bridgehead atoms. The van der Waals surface area contributed by atoms with Crippen molar-refractivity contribution in [3.63, 3.8) is 0 Å². The van der Waals surface area contributed by atoms with Crippen LogP contribution in [-0.4, -0.2) is 29.2 Å². The van der Waals surface area contributed by atoms with E-state index < -0.39 is 0 Å². The number of hydrogen-bond acceptors (Lipinski definition) is 2. The van der Waals surface area contributed by atoms with E-state index in [9.17, 15) is 5.11 Å². The predicted molar refractivity (Wildman–Crippen MR) is 86.0 cm³/mol. The summed E-state index contributed by atoms with van der Waals surface area (Å²) in [5.74, 6) is 0.542. The molecule has 1 aliphatic rings. The number of aliphatic hydroxyl groups excluding tert-OH is 1. The van der Waals surface area contributed by atoms with Crippen LogP contribution >= 0.6 is 0 Å². The van der Waals surface area contributed by atoms with Crippen molar-refractivity contribution in [2.24, 2.45) is 5.92 Å². The Morgan fingerprint density at radius 1 is 0.857 bits per heavy atom. The second-order valence-corrected chi connectivity index (χ2v) is 6.12. The third-order valence-corrected chi connectivity index (χ3v) is 4.21. The van der Waals surface area contributed by atoms with Gasteiger partial charge in [-0.05, 0) is 29.9 Å². The highest BCUT2D eigenvalue weighted by Crippen LogP contribution is 2.22. The van der Waals surface area contributed by atoms with Gasteiger partial charge in [0, 0.05) is 19.6 Å². The monoisotopic (exact) mass is 281 g/mol. The Labute approximate surface area is 127 Å². The maximum absolute atomic E-state index is 10.2. The van der Waals surface area contributed by atoms with Crippen LogP contribution in [0.25, 0.3) is 0 Å². The van der Waals surface area contributed by atoms with Crippen molar-refractivity contribution < 1.29 is 5.11 Å². The van der Waals surface area contributed by atoms with Crippen molar-refractivity contribution in [2.45, 2.75) is 25.5 Å². The van der Waals surface area contributed by atoms with Crippen molar-refractivity contribution in [1.82, 2.24) is 4.90 Å². The first-order valence-electron chi connectivity index (χ1n) is 7.78. The van der Waals surface area contributed by atoms with Gasteiger partial charge in [0.2, 0.25) is 0 Å². The van der Waals surface area contributed by atoms with Crippen molar-refractivity contribution in [3.8, 4) is 0 Å². The summed E-state index contributed by atoms with van der Waals surface area (Å²) in [6.07, 6.45) is 1.78. The van der Waals surface area contributed by atoms with Gasteiger partial charge in [-0.25, -0.2) is 0 Å². The van der Waals surface area contributed by atoms with Crippen LogP contribution in [0.4, 0.5) is 0 Å². The maximum atomic E-state index is 10.2. The molecule has 110 valence electrons. The summed E-state index contributed by atoms with van der Waals surface area (Å²) in [4.78, 5) is 2.39. The fourth-order valence-electron chi connectivity index (χ4n) is 3.34. The van der Waals surface area contributed by atoms with Gasteiger partial charge in [-0.3, -0.25) is 4.90 Å². The lowest BCUT2D eigenvalue weighted by molar-refractivity contribution is 0.0360. The number of nitrogens with zero attached hydrogens (tertiary/aromatic N) is 1. The third-order valence-electron chi connectivity index (χ3n) is 4.21. The summed E-state index contributed by atoms with van der Waals surface area (Å²) in [6.45, 7) is 2.80. The summed E-state index contributed by atoms with van der Waals surface area (Å²) < 4.78 is 0. The first kappa shape index (κ1) is 14.3. The molecule has 0 aromatic heterocycles. The van der Waals surface area contributed by atoms with Crippen molar-refractivity contribution in [1.29, 1.82) is 0 Å². The molecule has 2 atom stereocenters. The molecule has 1 aliphatic heterocycles. The molecular weight excluding hydrogens is 258 g/mol. The van der Waals surface area contributed by atoms with Crippen LogP contribution in [0, 0.1) is 5.92 Å². The molecule has 1 fully saturated rings. The predicted octanol–water partition coefficient (Wildman–Crippen LogP) is 3.11. The zero-order valence-corrected chi connectivity index (χ0v) is 12.4. The van der Waals surface area contributed by atoms with Crippen molar-refractivity contribution >= 4 is 0 Å². The molecule has 3 rings (SSSR count). The van der Waals surface area contributed by atoms with Crippen LogP contribution in [-0.2, 0) is 13.0 Å². The molecule has 21 heavy (non-hydrogen) atoms. The molecule has 0 unspecified atom stereocenters. The zero-order chi connectivity index (χ0) is 14.5. The molecule has 0 saturated carbocycles. The summed E-state index contributed by atoms with van der Waals surface area (Å²) in [5, 5.41) is 10.2. The van der Waals surface area contributed by atoms with E-state index in [1.54, 1.807) is 0 Å². The summed E-state index contributed by atoms with van der Waals surface area (Å²) >= 11 is 0. The number of rotatable bonds is 4. The van der Waals surface area contributed by atoms with Gasteiger partial charge in [0.15, 0.2) is 0 Å². The molecule has 0 radical (unpaired) electrons. The second-order valence-electron chi connectivity index (χ2n) is 6.12. The van der Waals surface area contributed by atoms with E-state index in [1.165, 1.54) is 11.1 Å². The number of aliphatic hydroxyl groups is 1. The summed E-state index contributed by atoms with van der Waals surface area (Å²) in [5.41, 5.74) is 2.70. The van der Waals surface area contributed by atoms with Gasteiger partial charge in [-0.15, -0.1) is 0 Å². The topological polar surface area (TPSA) is 23.5 Å². The van der Waals surface area contributed by atoms with Crippen molar-refractivity contribution in [3.05, 3.63) is 71.8 Å². The van der Waals surface area contributed by atoms with E-state index in [1.807, 2.05) is 6.07 Å². The van der Waals surface area contributed by atoms with E-state index in [-0.39, 0.29) is 6.10 Å². The van der Waals surface area contributed by atoms with Crippen LogP contribution in [0.2, 0.25) is 0 Å². The fourth-order valence-corrected chi connectivity index (χ4v) is 3.34. The minimum Gasteiger partial charge on any atom is -0.392 e. The first-order chi connectivity index (χ1) is 10.3. The van der Waals surface area contributed by atoms with E-state index in [0.29, 0.717) is 5.92 Å². The number of β-amino-alcohol motifs (C(OH)–C–C–N with tert-alkyl or cyclic N) is 1. The SMILES string of the molecule is O[C@@H]1C[C@H](Cc2ccccc2)CN(Cc2ccccc2)C1. The summed E-state index contributed by atoms with van der Waals surface area (Å²) in [6, 6.07) is 21.1. The van der Waals surface area contributed by atoms with Gasteiger partial charge >= 0.3 is 0 Å². The second kappa shape index (κ2) is 6.88. The highest BCUT2D eigenvalue weighted by molar-refractivity contribution is 5.16. The Morgan fingerprint density at radius 2 is 1.48 bits per heavy atom. The van der Waals surface area contributed by atoms with E-state index >= 15 is 0 Å². The Kier molecular flexibility index (Phi) is 4.69. The average Bonchev–Trinajstić information content (AvgIpc) is 2.48. The molecule has 1 N–H and O–H groups in total. The van der Waals surface area contributed by atoms with Gasteiger partial charge in [0.1, 0.15) is 0 Å². The summed E-state index contributed by atoms with van der Waals surface area (Å²) in [7, 11) is 0. The van der Waals surface area contributed by atoms with E-state index in [4.69, 9.17) is 0 Å². The quantitative estimate of drug-likeness (QED) is 0.931.